The Hall–Kier alpha value is -0.0800. The van der Waals surface area contributed by atoms with Crippen molar-refractivity contribution in [2.24, 2.45) is 17.8 Å². The average Bonchev–Trinajstić information content (AvgIpc) is 2.81. The summed E-state index contributed by atoms with van der Waals surface area (Å²) >= 11 is 0. The van der Waals surface area contributed by atoms with Gasteiger partial charge in [-0.3, -0.25) is 4.90 Å². The molecule has 124 valence electrons. The number of hydrogen-bond acceptors (Lipinski definition) is 2. The number of nitrogens with zero attached hydrogens (tertiary/aromatic N) is 1. The summed E-state index contributed by atoms with van der Waals surface area (Å²) < 4.78 is 0. The Labute approximate surface area is 133 Å². The van der Waals surface area contributed by atoms with Crippen LogP contribution in [0.4, 0.5) is 0 Å². The molecular formula is C19H38N2. The van der Waals surface area contributed by atoms with Crippen molar-refractivity contribution in [3.05, 3.63) is 0 Å². The molecule has 2 heteroatoms. The largest absolute Gasteiger partial charge is 0.314 e. The maximum absolute atomic E-state index is 3.79. The van der Waals surface area contributed by atoms with Crippen LogP contribution >= 0.6 is 0 Å². The third kappa shape index (κ3) is 4.22. The summed E-state index contributed by atoms with van der Waals surface area (Å²) in [7, 11) is 0. The van der Waals surface area contributed by atoms with Gasteiger partial charge in [0.25, 0.3) is 0 Å². The van der Waals surface area contributed by atoms with Crippen LogP contribution in [0.5, 0.6) is 0 Å². The molecule has 1 aliphatic heterocycles. The maximum atomic E-state index is 3.79. The van der Waals surface area contributed by atoms with Crippen LogP contribution in [-0.4, -0.2) is 36.1 Å². The van der Waals surface area contributed by atoms with Crippen LogP contribution in [0.1, 0.15) is 73.1 Å². The molecule has 0 aromatic rings. The standard InChI is InChI=1S/C19H38N2/c1-6-18-10-8-15(5)21(18)13-17-12-16(14(3)4)9-11-19(17)20-7-2/h14-20H,6-13H2,1-5H3. The van der Waals surface area contributed by atoms with Gasteiger partial charge in [-0.15, -0.1) is 0 Å². The van der Waals surface area contributed by atoms with Crippen molar-refractivity contribution in [2.45, 2.75) is 91.3 Å². The summed E-state index contributed by atoms with van der Waals surface area (Å²) in [6, 6.07) is 2.41. The van der Waals surface area contributed by atoms with E-state index in [4.69, 9.17) is 0 Å². The Morgan fingerprint density at radius 3 is 2.48 bits per heavy atom. The van der Waals surface area contributed by atoms with E-state index in [1.807, 2.05) is 0 Å². The minimum Gasteiger partial charge on any atom is -0.314 e. The number of hydrogen-bond donors (Lipinski definition) is 1. The van der Waals surface area contributed by atoms with Crippen molar-refractivity contribution in [3.63, 3.8) is 0 Å². The highest BCUT2D eigenvalue weighted by atomic mass is 15.2. The molecule has 0 bridgehead atoms. The van der Waals surface area contributed by atoms with Crippen molar-refractivity contribution in [2.75, 3.05) is 13.1 Å². The van der Waals surface area contributed by atoms with E-state index in [-0.39, 0.29) is 0 Å². The van der Waals surface area contributed by atoms with Gasteiger partial charge in [-0.2, -0.15) is 0 Å². The molecule has 1 saturated carbocycles. The molecule has 1 N–H and O–H groups in total. The highest BCUT2D eigenvalue weighted by Gasteiger charge is 2.36. The molecule has 0 spiro atoms. The first-order valence-electron chi connectivity index (χ1n) is 9.55. The lowest BCUT2D eigenvalue weighted by Gasteiger charge is -2.42. The van der Waals surface area contributed by atoms with Gasteiger partial charge in [-0.25, -0.2) is 0 Å². The minimum atomic E-state index is 0.760. The van der Waals surface area contributed by atoms with E-state index in [0.717, 1.165) is 42.4 Å². The fourth-order valence-electron chi connectivity index (χ4n) is 4.80. The number of likely N-dealkylation sites (tertiary alicyclic amines) is 1. The van der Waals surface area contributed by atoms with Crippen LogP contribution in [0.25, 0.3) is 0 Å². The Bertz CT molecular complexity index is 302. The summed E-state index contributed by atoms with van der Waals surface area (Å²) in [4.78, 5) is 2.84. The Balaban J connectivity index is 2.01. The first kappa shape index (κ1) is 17.3. The molecule has 0 aromatic heterocycles. The van der Waals surface area contributed by atoms with E-state index in [1.54, 1.807) is 0 Å². The van der Waals surface area contributed by atoms with Gasteiger partial charge in [-0.05, 0) is 69.7 Å². The second-order valence-electron chi connectivity index (χ2n) is 7.93. The molecule has 1 heterocycles. The molecule has 1 aliphatic carbocycles. The van der Waals surface area contributed by atoms with E-state index >= 15 is 0 Å². The highest BCUT2D eigenvalue weighted by Crippen LogP contribution is 2.36. The summed E-state index contributed by atoms with van der Waals surface area (Å²) in [5.41, 5.74) is 0. The van der Waals surface area contributed by atoms with Gasteiger partial charge in [0.2, 0.25) is 0 Å². The van der Waals surface area contributed by atoms with Crippen LogP contribution in [0, 0.1) is 17.8 Å². The summed E-state index contributed by atoms with van der Waals surface area (Å²) in [5.74, 6) is 2.66. The van der Waals surface area contributed by atoms with Gasteiger partial charge < -0.3 is 5.32 Å². The van der Waals surface area contributed by atoms with Gasteiger partial charge in [0.15, 0.2) is 0 Å². The smallest absolute Gasteiger partial charge is 0.0108 e. The molecular weight excluding hydrogens is 256 g/mol. The predicted octanol–water partition coefficient (Wildman–Crippen LogP) is 4.30. The van der Waals surface area contributed by atoms with Crippen LogP contribution in [0.3, 0.4) is 0 Å². The maximum Gasteiger partial charge on any atom is 0.0108 e. The highest BCUT2D eigenvalue weighted by molar-refractivity contribution is 4.92. The summed E-state index contributed by atoms with van der Waals surface area (Å²) in [6.07, 6.45) is 8.42. The molecule has 1 saturated heterocycles. The van der Waals surface area contributed by atoms with Crippen molar-refractivity contribution >= 4 is 0 Å². The van der Waals surface area contributed by atoms with Gasteiger partial charge in [-0.1, -0.05) is 27.7 Å². The summed E-state index contributed by atoms with van der Waals surface area (Å²) in [6.45, 7) is 14.4. The zero-order valence-corrected chi connectivity index (χ0v) is 15.1. The molecule has 21 heavy (non-hydrogen) atoms. The Morgan fingerprint density at radius 2 is 1.86 bits per heavy atom. The van der Waals surface area contributed by atoms with E-state index < -0.39 is 0 Å². The predicted molar refractivity (Wildman–Crippen MR) is 92.6 cm³/mol. The van der Waals surface area contributed by atoms with E-state index in [1.165, 1.54) is 45.1 Å². The molecule has 0 amide bonds. The first-order valence-corrected chi connectivity index (χ1v) is 9.55. The van der Waals surface area contributed by atoms with Gasteiger partial charge in [0, 0.05) is 24.7 Å². The van der Waals surface area contributed by atoms with Crippen LogP contribution < -0.4 is 5.32 Å². The molecule has 2 aliphatic rings. The SMILES string of the molecule is CCNC1CCC(C(C)C)CC1CN1C(C)CCC1CC. The van der Waals surface area contributed by atoms with Gasteiger partial charge in [0.1, 0.15) is 0 Å². The molecule has 2 nitrogen and oxygen atoms in total. The van der Waals surface area contributed by atoms with Crippen molar-refractivity contribution in [1.82, 2.24) is 10.2 Å². The monoisotopic (exact) mass is 294 g/mol. The fraction of sp³-hybridized carbons (Fsp3) is 1.00. The molecule has 5 atom stereocenters. The molecule has 2 rings (SSSR count). The van der Waals surface area contributed by atoms with Crippen molar-refractivity contribution in [1.29, 1.82) is 0 Å². The second kappa shape index (κ2) is 7.97. The van der Waals surface area contributed by atoms with E-state index in [0.29, 0.717) is 0 Å². The number of nitrogens with one attached hydrogen (secondary N) is 1. The molecule has 2 fully saturated rings. The third-order valence-corrected chi connectivity index (χ3v) is 6.30. The normalized spacial score (nSPS) is 38.3. The second-order valence-corrected chi connectivity index (χ2v) is 7.93. The zero-order valence-electron chi connectivity index (χ0n) is 15.1. The van der Waals surface area contributed by atoms with Gasteiger partial charge >= 0.3 is 0 Å². The lowest BCUT2D eigenvalue weighted by atomic mass is 9.73. The quantitative estimate of drug-likeness (QED) is 0.785. The van der Waals surface area contributed by atoms with E-state index in [2.05, 4.69) is 44.8 Å². The van der Waals surface area contributed by atoms with Crippen LogP contribution in [0.15, 0.2) is 0 Å². The average molecular weight is 295 g/mol. The minimum absolute atomic E-state index is 0.760. The Morgan fingerprint density at radius 1 is 1.10 bits per heavy atom. The van der Waals surface area contributed by atoms with Gasteiger partial charge in [0.05, 0.1) is 0 Å². The molecule has 0 radical (unpaired) electrons. The summed E-state index contributed by atoms with van der Waals surface area (Å²) in [5, 5.41) is 3.79. The topological polar surface area (TPSA) is 15.3 Å². The lowest BCUT2D eigenvalue weighted by molar-refractivity contribution is 0.0974. The zero-order chi connectivity index (χ0) is 15.4. The lowest BCUT2D eigenvalue weighted by Crippen LogP contribution is -2.48. The Kier molecular flexibility index (Phi) is 6.55. The third-order valence-electron chi connectivity index (χ3n) is 6.30. The van der Waals surface area contributed by atoms with Crippen LogP contribution in [-0.2, 0) is 0 Å². The number of rotatable bonds is 6. The van der Waals surface area contributed by atoms with E-state index in [9.17, 15) is 0 Å². The fourth-order valence-corrected chi connectivity index (χ4v) is 4.80. The van der Waals surface area contributed by atoms with Crippen molar-refractivity contribution in [3.8, 4) is 0 Å². The first-order chi connectivity index (χ1) is 10.1. The van der Waals surface area contributed by atoms with Crippen LogP contribution in [0.2, 0.25) is 0 Å². The van der Waals surface area contributed by atoms with Crippen molar-refractivity contribution < 1.29 is 0 Å². The molecule has 5 unspecified atom stereocenters. The molecule has 0 aromatic carbocycles.